The monoisotopic (exact) mass is 287 g/mol. The van der Waals surface area contributed by atoms with Crippen LogP contribution < -0.4 is 5.63 Å². The number of benzene rings is 1. The van der Waals surface area contributed by atoms with E-state index in [9.17, 15) is 14.7 Å². The lowest BCUT2D eigenvalue weighted by Crippen LogP contribution is -2.38. The Morgan fingerprint density at radius 3 is 2.76 bits per heavy atom. The molecule has 0 amide bonds. The highest BCUT2D eigenvalue weighted by molar-refractivity contribution is 5.98. The molecule has 0 saturated carbocycles. The van der Waals surface area contributed by atoms with Crippen molar-refractivity contribution in [3.05, 3.63) is 39.7 Å². The van der Waals surface area contributed by atoms with Crippen molar-refractivity contribution < 1.29 is 14.3 Å². The first-order valence-corrected chi connectivity index (χ1v) is 7.07. The Morgan fingerprint density at radius 2 is 2.10 bits per heavy atom. The highest BCUT2D eigenvalue weighted by Gasteiger charge is 2.18. The van der Waals surface area contributed by atoms with Crippen LogP contribution in [0.5, 0.6) is 5.75 Å². The predicted molar refractivity (Wildman–Crippen MR) is 78.9 cm³/mol. The molecular weight excluding hydrogens is 270 g/mol. The summed E-state index contributed by atoms with van der Waals surface area (Å²) >= 11 is 0. The topological polar surface area (TPSA) is 70.8 Å². The molecule has 3 rings (SSSR count). The number of aryl methyl sites for hydroxylation is 1. The first kappa shape index (κ1) is 13.8. The molecule has 0 bridgehead atoms. The van der Waals surface area contributed by atoms with Gasteiger partial charge in [0.1, 0.15) is 16.9 Å². The fourth-order valence-corrected chi connectivity index (χ4v) is 2.57. The van der Waals surface area contributed by atoms with E-state index in [1.807, 2.05) is 0 Å². The van der Waals surface area contributed by atoms with Crippen LogP contribution in [0.4, 0.5) is 0 Å². The van der Waals surface area contributed by atoms with Crippen molar-refractivity contribution in [3.8, 4) is 5.75 Å². The molecule has 2 aromatic rings. The number of nitrogens with zero attached hydrogens (tertiary/aromatic N) is 1. The first-order chi connectivity index (χ1) is 10.0. The van der Waals surface area contributed by atoms with E-state index < -0.39 is 5.63 Å². The van der Waals surface area contributed by atoms with Crippen LogP contribution in [0.3, 0.4) is 0 Å². The Bertz CT molecular complexity index is 759. The molecule has 21 heavy (non-hydrogen) atoms. The van der Waals surface area contributed by atoms with Gasteiger partial charge in [-0.25, -0.2) is 4.79 Å². The molecule has 1 saturated heterocycles. The molecule has 1 aliphatic rings. The average molecular weight is 287 g/mol. The van der Waals surface area contributed by atoms with Gasteiger partial charge in [-0.1, -0.05) is 0 Å². The summed E-state index contributed by atoms with van der Waals surface area (Å²) in [5.74, 6) is -0.148. The fourth-order valence-electron chi connectivity index (χ4n) is 2.57. The number of likely N-dealkylation sites (tertiary alicyclic amines) is 1. The van der Waals surface area contributed by atoms with E-state index in [1.165, 1.54) is 12.5 Å². The zero-order chi connectivity index (χ0) is 15.0. The van der Waals surface area contributed by atoms with Crippen molar-refractivity contribution in [2.24, 2.45) is 0 Å². The maximum absolute atomic E-state index is 12.2. The third kappa shape index (κ3) is 2.69. The standard InChI is InChI=1S/C16H17NO4/c1-10-7-11(18)8-15-12(10)9-13(16(20)21-15)14(19)3-6-17-4-2-5-17/h7-9,18H,2-6H2,1H3. The van der Waals surface area contributed by atoms with Crippen LogP contribution in [-0.2, 0) is 0 Å². The van der Waals surface area contributed by atoms with E-state index in [0.717, 1.165) is 18.7 Å². The average Bonchev–Trinajstić information content (AvgIpc) is 2.35. The van der Waals surface area contributed by atoms with Gasteiger partial charge in [0.2, 0.25) is 0 Å². The van der Waals surface area contributed by atoms with Crippen molar-refractivity contribution >= 4 is 16.8 Å². The maximum Gasteiger partial charge on any atom is 0.347 e. The third-order valence-corrected chi connectivity index (χ3v) is 3.95. The summed E-state index contributed by atoms with van der Waals surface area (Å²) in [5.41, 5.74) is 0.528. The minimum Gasteiger partial charge on any atom is -0.508 e. The Balaban J connectivity index is 1.92. The van der Waals surface area contributed by atoms with E-state index in [-0.39, 0.29) is 17.1 Å². The molecule has 0 unspecified atom stereocenters. The van der Waals surface area contributed by atoms with Crippen LogP contribution in [0.25, 0.3) is 11.0 Å². The molecule has 1 fully saturated rings. The molecule has 2 heterocycles. The largest absolute Gasteiger partial charge is 0.508 e. The highest BCUT2D eigenvalue weighted by atomic mass is 16.4. The van der Waals surface area contributed by atoms with E-state index in [4.69, 9.17) is 4.42 Å². The fraction of sp³-hybridized carbons (Fsp3) is 0.375. The van der Waals surface area contributed by atoms with E-state index in [1.54, 1.807) is 19.1 Å². The molecule has 1 N–H and O–H groups in total. The van der Waals surface area contributed by atoms with Crippen molar-refractivity contribution in [2.75, 3.05) is 19.6 Å². The maximum atomic E-state index is 12.2. The molecule has 5 heteroatoms. The van der Waals surface area contributed by atoms with Crippen molar-refractivity contribution in [3.63, 3.8) is 0 Å². The van der Waals surface area contributed by atoms with Gasteiger partial charge in [0.05, 0.1) is 0 Å². The molecule has 0 spiro atoms. The number of carbonyl (C=O) groups is 1. The number of Topliss-reactive ketones (excluding diaryl/α,β-unsaturated/α-hetero) is 1. The molecule has 0 radical (unpaired) electrons. The Labute approximate surface area is 121 Å². The number of hydrogen-bond acceptors (Lipinski definition) is 5. The quantitative estimate of drug-likeness (QED) is 0.688. The lowest BCUT2D eigenvalue weighted by molar-refractivity contribution is 0.0939. The summed E-state index contributed by atoms with van der Waals surface area (Å²) in [5, 5.41) is 10.2. The minimum atomic E-state index is -0.638. The number of fused-ring (bicyclic) bond motifs is 1. The van der Waals surface area contributed by atoms with Gasteiger partial charge >= 0.3 is 5.63 Å². The van der Waals surface area contributed by atoms with Gasteiger partial charge in [-0.05, 0) is 44.1 Å². The SMILES string of the molecule is Cc1cc(O)cc2oc(=O)c(C(=O)CCN3CCC3)cc12. The van der Waals surface area contributed by atoms with Gasteiger partial charge in [-0.2, -0.15) is 0 Å². The van der Waals surface area contributed by atoms with E-state index in [0.29, 0.717) is 23.9 Å². The molecular formula is C16H17NO4. The summed E-state index contributed by atoms with van der Waals surface area (Å²) in [6.07, 6.45) is 1.50. The molecule has 110 valence electrons. The summed E-state index contributed by atoms with van der Waals surface area (Å²) in [4.78, 5) is 26.3. The summed E-state index contributed by atoms with van der Waals surface area (Å²) in [6.45, 7) is 4.54. The summed E-state index contributed by atoms with van der Waals surface area (Å²) in [7, 11) is 0. The number of aromatic hydroxyl groups is 1. The first-order valence-electron chi connectivity index (χ1n) is 7.07. The Hall–Kier alpha value is -2.14. The van der Waals surface area contributed by atoms with Gasteiger partial charge in [0.15, 0.2) is 5.78 Å². The molecule has 0 atom stereocenters. The van der Waals surface area contributed by atoms with Gasteiger partial charge in [-0.15, -0.1) is 0 Å². The van der Waals surface area contributed by atoms with Gasteiger partial charge < -0.3 is 14.4 Å². The molecule has 0 aliphatic carbocycles. The van der Waals surface area contributed by atoms with Crippen LogP contribution >= 0.6 is 0 Å². The van der Waals surface area contributed by atoms with Gasteiger partial charge in [0, 0.05) is 24.4 Å². The Morgan fingerprint density at radius 1 is 1.33 bits per heavy atom. The lowest BCUT2D eigenvalue weighted by Gasteiger charge is -2.30. The summed E-state index contributed by atoms with van der Waals surface area (Å²) in [6, 6.07) is 4.54. The number of ketones is 1. The second kappa shape index (κ2) is 5.33. The molecule has 1 aliphatic heterocycles. The number of rotatable bonds is 4. The van der Waals surface area contributed by atoms with Gasteiger partial charge in [0.25, 0.3) is 0 Å². The Kier molecular flexibility index (Phi) is 3.51. The zero-order valence-electron chi connectivity index (χ0n) is 11.9. The van der Waals surface area contributed by atoms with Crippen molar-refractivity contribution in [1.29, 1.82) is 0 Å². The van der Waals surface area contributed by atoms with Crippen LogP contribution in [0, 0.1) is 6.92 Å². The van der Waals surface area contributed by atoms with Crippen LogP contribution in [0.1, 0.15) is 28.8 Å². The lowest BCUT2D eigenvalue weighted by atomic mass is 10.0. The van der Waals surface area contributed by atoms with Crippen LogP contribution in [0.15, 0.2) is 27.4 Å². The molecule has 1 aromatic carbocycles. The second-order valence-electron chi connectivity index (χ2n) is 5.49. The summed E-state index contributed by atoms with van der Waals surface area (Å²) < 4.78 is 5.17. The number of hydrogen-bond donors (Lipinski definition) is 1. The van der Waals surface area contributed by atoms with Crippen molar-refractivity contribution in [2.45, 2.75) is 19.8 Å². The number of phenols is 1. The van der Waals surface area contributed by atoms with Crippen molar-refractivity contribution in [1.82, 2.24) is 4.90 Å². The smallest absolute Gasteiger partial charge is 0.347 e. The van der Waals surface area contributed by atoms with E-state index >= 15 is 0 Å². The van der Waals surface area contributed by atoms with Crippen LogP contribution in [-0.4, -0.2) is 35.4 Å². The number of phenolic OH excluding ortho intramolecular Hbond substituents is 1. The highest BCUT2D eigenvalue weighted by Crippen LogP contribution is 2.24. The molecule has 5 nitrogen and oxygen atoms in total. The van der Waals surface area contributed by atoms with E-state index in [2.05, 4.69) is 4.90 Å². The van der Waals surface area contributed by atoms with Gasteiger partial charge in [-0.3, -0.25) is 4.79 Å². The minimum absolute atomic E-state index is 0.0417. The second-order valence-corrected chi connectivity index (χ2v) is 5.49. The molecule has 1 aromatic heterocycles. The van der Waals surface area contributed by atoms with Crippen LogP contribution in [0.2, 0.25) is 0 Å². The predicted octanol–water partition coefficient (Wildman–Crippen LogP) is 2.09. The number of carbonyl (C=O) groups excluding carboxylic acids is 1. The normalized spacial score (nSPS) is 15.1. The third-order valence-electron chi connectivity index (χ3n) is 3.95. The zero-order valence-corrected chi connectivity index (χ0v) is 11.9.